The van der Waals surface area contributed by atoms with Gasteiger partial charge in [-0.3, -0.25) is 18.6 Å². The molecule has 15 heteroatoms. The van der Waals surface area contributed by atoms with E-state index in [1.165, 1.54) is 19.3 Å². The van der Waals surface area contributed by atoms with Gasteiger partial charge in [0.25, 0.3) is 0 Å². The Morgan fingerprint density at radius 3 is 1.69 bits per heavy atom. The molecule has 1 saturated heterocycles. The van der Waals surface area contributed by atoms with Crippen molar-refractivity contribution in [2.45, 2.75) is 197 Å². The van der Waals surface area contributed by atoms with Crippen molar-refractivity contribution in [2.24, 2.45) is 0 Å². The van der Waals surface area contributed by atoms with Crippen molar-refractivity contribution < 1.29 is 67.8 Å². The van der Waals surface area contributed by atoms with Crippen molar-refractivity contribution in [2.75, 3.05) is 13.2 Å². The summed E-state index contributed by atoms with van der Waals surface area (Å²) >= 11 is 0. The maximum Gasteiger partial charge on any atom is 0.472 e. The minimum atomic E-state index is -5.15. The topological polar surface area (TPSA) is 222 Å². The van der Waals surface area contributed by atoms with Gasteiger partial charge in [0.05, 0.1) is 18.8 Å². The predicted molar refractivity (Wildman–Crippen MR) is 248 cm³/mol. The van der Waals surface area contributed by atoms with E-state index in [1.807, 2.05) is 12.2 Å². The van der Waals surface area contributed by atoms with Crippen LogP contribution in [0, 0.1) is 0 Å². The van der Waals surface area contributed by atoms with Gasteiger partial charge in [-0.15, -0.1) is 0 Å². The quantitative estimate of drug-likeness (QED) is 0.0115. The minimum Gasteiger partial charge on any atom is -0.462 e. The van der Waals surface area contributed by atoms with Gasteiger partial charge in [-0.05, 0) is 83.5 Å². The highest BCUT2D eigenvalue weighted by Gasteiger charge is 2.51. The molecule has 2 rings (SSSR count). The molecule has 64 heavy (non-hydrogen) atoms. The zero-order valence-corrected chi connectivity index (χ0v) is 39.1. The monoisotopic (exact) mass is 923 g/mol. The molecule has 0 spiro atoms. The fourth-order valence-electron chi connectivity index (χ4n) is 6.78. The number of ether oxygens (including phenoxy) is 3. The van der Waals surface area contributed by atoms with E-state index in [-0.39, 0.29) is 12.8 Å². The number of esters is 2. The van der Waals surface area contributed by atoms with Gasteiger partial charge in [0, 0.05) is 12.8 Å². The van der Waals surface area contributed by atoms with Crippen LogP contribution in [0.15, 0.2) is 85.1 Å². The highest BCUT2D eigenvalue weighted by molar-refractivity contribution is 7.47. The van der Waals surface area contributed by atoms with Crippen LogP contribution in [0.5, 0.6) is 0 Å². The van der Waals surface area contributed by atoms with Gasteiger partial charge in [-0.1, -0.05) is 131 Å². The number of unbranched alkanes of at least 4 members (excludes halogenated alkanes) is 7. The van der Waals surface area contributed by atoms with Crippen molar-refractivity contribution in [1.29, 1.82) is 0 Å². The maximum atomic E-state index is 12.8. The Morgan fingerprint density at radius 1 is 0.578 bits per heavy atom. The molecular weight excluding hydrogens is 843 g/mol. The summed E-state index contributed by atoms with van der Waals surface area (Å²) in [5.41, 5.74) is 0. The lowest BCUT2D eigenvalue weighted by atomic mass is 9.85. The predicted octanol–water partition coefficient (Wildman–Crippen LogP) is 8.26. The first-order valence-electron chi connectivity index (χ1n) is 23.5. The third kappa shape index (κ3) is 26.8. The van der Waals surface area contributed by atoms with Crippen LogP contribution in [0.4, 0.5) is 0 Å². The average molecular weight is 923 g/mol. The normalized spacial score (nSPS) is 25.5. The summed E-state index contributed by atoms with van der Waals surface area (Å²) < 4.78 is 39.2. The lowest BCUT2D eigenvalue weighted by molar-refractivity contribution is -0.220. The molecule has 2 aliphatic rings. The number of phosphoric ester groups is 1. The Hall–Kier alpha value is -3.01. The van der Waals surface area contributed by atoms with Gasteiger partial charge >= 0.3 is 19.8 Å². The number of carbonyl (C=O) groups is 2. The van der Waals surface area contributed by atoms with E-state index < -0.39 is 75.7 Å². The number of epoxide rings is 1. The first-order valence-corrected chi connectivity index (χ1v) is 25.0. The second-order valence-corrected chi connectivity index (χ2v) is 17.7. The summed E-state index contributed by atoms with van der Waals surface area (Å²) in [6.45, 7) is 3.07. The van der Waals surface area contributed by atoms with Gasteiger partial charge in [-0.2, -0.15) is 0 Å². The zero-order chi connectivity index (χ0) is 46.8. The fraction of sp³-hybridized carbons (Fsp3) is 0.673. The molecule has 2 fully saturated rings. The van der Waals surface area contributed by atoms with Gasteiger partial charge in [0.2, 0.25) is 0 Å². The molecule has 1 aliphatic heterocycles. The fourth-order valence-corrected chi connectivity index (χ4v) is 7.75. The van der Waals surface area contributed by atoms with Gasteiger partial charge in [0.15, 0.2) is 6.10 Å². The average Bonchev–Trinajstić information content (AvgIpc) is 4.03. The van der Waals surface area contributed by atoms with E-state index >= 15 is 0 Å². The van der Waals surface area contributed by atoms with Crippen molar-refractivity contribution in [3.05, 3.63) is 85.1 Å². The number of hydrogen-bond donors (Lipinski definition) is 6. The van der Waals surface area contributed by atoms with Crippen LogP contribution in [-0.4, -0.2) is 111 Å². The summed E-state index contributed by atoms with van der Waals surface area (Å²) in [6, 6.07) is 0. The molecule has 0 aromatic rings. The Balaban J connectivity index is 1.74. The van der Waals surface area contributed by atoms with E-state index in [4.69, 9.17) is 23.3 Å². The lowest BCUT2D eigenvalue weighted by Gasteiger charge is -2.41. The SMILES string of the molecule is CC/C=C\C/C=C\C/C=C\C/C=C\CCCCCCC(=O)OC[C@H](COP(=O)(O)OC1[C@H](O)[C@H](O)C(O)[C@H](O)[C@H]1O)OC(=O)CCC/C=C\C/C=C\C/C=C\CC1OC1CCCCC. The number of carbonyl (C=O) groups excluding carboxylic acids is 2. The Labute approximate surface area is 382 Å². The molecule has 1 heterocycles. The number of rotatable bonds is 36. The van der Waals surface area contributed by atoms with Crippen LogP contribution >= 0.6 is 7.82 Å². The highest BCUT2D eigenvalue weighted by atomic mass is 31.2. The second kappa shape index (κ2) is 35.2. The van der Waals surface area contributed by atoms with Crippen LogP contribution < -0.4 is 0 Å². The number of allylic oxidation sites excluding steroid dienone is 13. The molecule has 5 unspecified atom stereocenters. The van der Waals surface area contributed by atoms with E-state index in [0.29, 0.717) is 31.5 Å². The third-order valence-electron chi connectivity index (χ3n) is 10.6. The highest BCUT2D eigenvalue weighted by Crippen LogP contribution is 2.47. The number of aliphatic hydroxyl groups excluding tert-OH is 5. The summed E-state index contributed by atoms with van der Waals surface area (Å²) in [6.07, 6.45) is 33.8. The maximum absolute atomic E-state index is 12.8. The van der Waals surface area contributed by atoms with Crippen LogP contribution in [0.2, 0.25) is 0 Å². The van der Waals surface area contributed by atoms with E-state index in [9.17, 15) is 44.6 Å². The first-order chi connectivity index (χ1) is 30.9. The smallest absolute Gasteiger partial charge is 0.462 e. The Kier molecular flexibility index (Phi) is 31.4. The van der Waals surface area contributed by atoms with Crippen molar-refractivity contribution in [3.63, 3.8) is 0 Å². The largest absolute Gasteiger partial charge is 0.472 e. The summed E-state index contributed by atoms with van der Waals surface area (Å²) in [4.78, 5) is 35.7. The molecule has 0 aromatic heterocycles. The van der Waals surface area contributed by atoms with Crippen LogP contribution in [0.3, 0.4) is 0 Å². The molecule has 1 saturated carbocycles. The molecule has 1 aliphatic carbocycles. The Morgan fingerprint density at radius 2 is 1.09 bits per heavy atom. The molecule has 6 N–H and O–H groups in total. The molecule has 0 bridgehead atoms. The van der Waals surface area contributed by atoms with Gasteiger partial charge in [0.1, 0.15) is 43.2 Å². The van der Waals surface area contributed by atoms with Crippen LogP contribution in [0.25, 0.3) is 0 Å². The van der Waals surface area contributed by atoms with E-state index in [0.717, 1.165) is 77.0 Å². The van der Waals surface area contributed by atoms with Crippen molar-refractivity contribution in [1.82, 2.24) is 0 Å². The molecule has 0 aromatic carbocycles. The summed E-state index contributed by atoms with van der Waals surface area (Å²) in [7, 11) is -5.15. The molecule has 0 radical (unpaired) electrons. The molecule has 10 atom stereocenters. The lowest BCUT2D eigenvalue weighted by Crippen LogP contribution is -2.64. The molecular formula is C49H79O14P. The first kappa shape index (κ1) is 57.1. The van der Waals surface area contributed by atoms with Gasteiger partial charge in [-0.25, -0.2) is 4.57 Å². The molecule has 14 nitrogen and oxygen atoms in total. The van der Waals surface area contributed by atoms with Crippen molar-refractivity contribution >= 4 is 19.8 Å². The summed E-state index contributed by atoms with van der Waals surface area (Å²) in [5, 5.41) is 50.2. The Bertz CT molecular complexity index is 1510. The van der Waals surface area contributed by atoms with Crippen LogP contribution in [0.1, 0.15) is 142 Å². The molecule has 364 valence electrons. The molecule has 0 amide bonds. The van der Waals surface area contributed by atoms with Gasteiger partial charge < -0.3 is 44.6 Å². The third-order valence-corrected chi connectivity index (χ3v) is 11.6. The van der Waals surface area contributed by atoms with Crippen molar-refractivity contribution in [3.8, 4) is 0 Å². The van der Waals surface area contributed by atoms with E-state index in [2.05, 4.69) is 86.8 Å². The second-order valence-electron chi connectivity index (χ2n) is 16.3. The number of hydrogen-bond acceptors (Lipinski definition) is 13. The number of aliphatic hydroxyl groups is 5. The number of phosphoric acid groups is 1. The van der Waals surface area contributed by atoms with Crippen LogP contribution in [-0.2, 0) is 37.4 Å². The summed E-state index contributed by atoms with van der Waals surface area (Å²) in [5.74, 6) is -1.21. The standard InChI is InChI=1S/C49H79O14P/c1-3-5-7-8-9-10-11-12-13-14-15-16-17-21-24-27-31-35-42(50)59-37-39(38-60-64(57,58)63-49-47(55)45(53)44(52)46(54)48(49)56)61-43(51)36-32-28-25-22-19-18-20-23-26-30-34-41-40(62-41)33-29-6-4-2/h5,7,9-10,12-13,15-16,18,20,22,25-26,30,39-41,44-49,52-56H,3-4,6,8,11,14,17,19,21,23-24,27-29,31-38H2,1-2H3,(H,57,58)/b7-5-,10-9-,13-12-,16-15-,20-18-,25-22-,30-26-/t39-,40?,41?,44?,45-,46+,47-,48-,49?/m1/s1. The zero-order valence-electron chi connectivity index (χ0n) is 38.2. The van der Waals surface area contributed by atoms with E-state index in [1.54, 1.807) is 0 Å². The minimum absolute atomic E-state index is 0.00630.